The first kappa shape index (κ1) is 23.6. The molecule has 5 rings (SSSR count). The lowest BCUT2D eigenvalue weighted by Gasteiger charge is -2.39. The highest BCUT2D eigenvalue weighted by molar-refractivity contribution is 6.02. The third kappa shape index (κ3) is 4.97. The molecule has 3 amide bonds. The van der Waals surface area contributed by atoms with Crippen LogP contribution in [-0.2, 0) is 9.53 Å². The molecule has 1 aliphatic heterocycles. The highest BCUT2D eigenvalue weighted by Gasteiger charge is 2.45. The summed E-state index contributed by atoms with van der Waals surface area (Å²) in [5, 5.41) is 3.18. The van der Waals surface area contributed by atoms with Gasteiger partial charge in [-0.25, -0.2) is 9.59 Å². The first-order chi connectivity index (χ1) is 17.1. The van der Waals surface area contributed by atoms with Crippen LogP contribution in [0.5, 0.6) is 0 Å². The molecule has 0 radical (unpaired) electrons. The number of esters is 1. The number of carbonyl (C=O) groups is 3. The van der Waals surface area contributed by atoms with E-state index in [2.05, 4.69) is 5.32 Å². The number of amides is 3. The van der Waals surface area contributed by atoms with Gasteiger partial charge in [0.15, 0.2) is 0 Å². The molecule has 2 aliphatic carbocycles. The molecule has 6 heteroatoms. The number of imide groups is 1. The van der Waals surface area contributed by atoms with Crippen molar-refractivity contribution in [3.63, 3.8) is 0 Å². The summed E-state index contributed by atoms with van der Waals surface area (Å²) in [6.07, 6.45) is 9.28. The van der Waals surface area contributed by atoms with Crippen LogP contribution in [0.25, 0.3) is 0 Å². The van der Waals surface area contributed by atoms with Crippen molar-refractivity contribution in [2.45, 2.75) is 88.3 Å². The molecule has 0 bridgehead atoms. The topological polar surface area (TPSA) is 75.7 Å². The third-order valence-corrected chi connectivity index (χ3v) is 7.78. The minimum absolute atomic E-state index is 0.108. The predicted octanol–water partition coefficient (Wildman–Crippen LogP) is 5.89. The zero-order valence-corrected chi connectivity index (χ0v) is 20.2. The Morgan fingerprint density at radius 1 is 0.800 bits per heavy atom. The van der Waals surface area contributed by atoms with Gasteiger partial charge in [-0.2, -0.15) is 0 Å². The van der Waals surface area contributed by atoms with Gasteiger partial charge in [-0.3, -0.25) is 9.69 Å². The van der Waals surface area contributed by atoms with Crippen molar-refractivity contribution in [1.29, 1.82) is 0 Å². The number of hydrogen-bond acceptors (Lipinski definition) is 4. The molecule has 0 aromatic heterocycles. The van der Waals surface area contributed by atoms with Gasteiger partial charge in [0.1, 0.15) is 12.0 Å². The molecule has 2 aromatic rings. The Labute approximate surface area is 207 Å². The van der Waals surface area contributed by atoms with Crippen LogP contribution in [0.1, 0.15) is 97.7 Å². The summed E-state index contributed by atoms with van der Waals surface area (Å²) in [4.78, 5) is 42.5. The summed E-state index contributed by atoms with van der Waals surface area (Å²) in [5.74, 6) is -1.49. The minimum Gasteiger partial charge on any atom is -0.453 e. The van der Waals surface area contributed by atoms with E-state index in [9.17, 15) is 14.4 Å². The van der Waals surface area contributed by atoms with E-state index in [1.165, 1.54) is 11.3 Å². The van der Waals surface area contributed by atoms with E-state index < -0.39 is 18.0 Å². The van der Waals surface area contributed by atoms with Crippen LogP contribution in [0, 0.1) is 0 Å². The van der Waals surface area contributed by atoms with Crippen molar-refractivity contribution in [3.8, 4) is 0 Å². The molecule has 0 saturated heterocycles. The van der Waals surface area contributed by atoms with Crippen molar-refractivity contribution in [1.82, 2.24) is 10.2 Å². The van der Waals surface area contributed by atoms with Crippen molar-refractivity contribution in [2.75, 3.05) is 0 Å². The maximum Gasteiger partial charge on any atom is 0.339 e. The normalized spacial score (nSPS) is 23.1. The smallest absolute Gasteiger partial charge is 0.339 e. The van der Waals surface area contributed by atoms with Gasteiger partial charge in [-0.1, -0.05) is 87.1 Å². The number of fused-ring (bicyclic) bond motifs is 1. The van der Waals surface area contributed by atoms with E-state index in [-0.39, 0.29) is 24.0 Å². The van der Waals surface area contributed by atoms with E-state index >= 15 is 0 Å². The number of benzene rings is 2. The zero-order chi connectivity index (χ0) is 24.2. The van der Waals surface area contributed by atoms with Gasteiger partial charge in [-0.05, 0) is 42.9 Å². The molecule has 35 heavy (non-hydrogen) atoms. The Bertz CT molecular complexity index is 1060. The quantitative estimate of drug-likeness (QED) is 0.561. The molecule has 1 heterocycles. The Morgan fingerprint density at radius 3 is 2.14 bits per heavy atom. The monoisotopic (exact) mass is 474 g/mol. The standard InChI is InChI=1S/C29H34N2O4/c32-27(31(22-16-8-3-9-17-22)29(34)30-21-14-6-2-7-15-21)25-23-18-10-11-19-24(23)28(33)35-26(25)20-12-4-1-5-13-20/h1,4-5,10-13,18-19,21-22,25-26H,2-3,6-9,14-17H2,(H,30,34). The van der Waals surface area contributed by atoms with Crippen LogP contribution in [0.2, 0.25) is 0 Å². The van der Waals surface area contributed by atoms with Gasteiger partial charge >= 0.3 is 12.0 Å². The van der Waals surface area contributed by atoms with Gasteiger partial charge in [0, 0.05) is 12.1 Å². The van der Waals surface area contributed by atoms with Gasteiger partial charge in [0.2, 0.25) is 5.91 Å². The van der Waals surface area contributed by atoms with E-state index in [1.54, 1.807) is 12.1 Å². The van der Waals surface area contributed by atoms with Crippen molar-refractivity contribution in [2.24, 2.45) is 0 Å². The Morgan fingerprint density at radius 2 is 1.43 bits per heavy atom. The Balaban J connectivity index is 1.52. The molecular formula is C29H34N2O4. The van der Waals surface area contributed by atoms with Crippen LogP contribution < -0.4 is 5.32 Å². The van der Waals surface area contributed by atoms with Crippen LogP contribution >= 0.6 is 0 Å². The molecule has 2 atom stereocenters. The number of carbonyl (C=O) groups excluding carboxylic acids is 3. The number of rotatable bonds is 4. The molecular weight excluding hydrogens is 440 g/mol. The molecule has 184 valence electrons. The number of nitrogens with one attached hydrogen (secondary N) is 1. The fourth-order valence-corrected chi connectivity index (χ4v) is 5.96. The highest BCUT2D eigenvalue weighted by Crippen LogP contribution is 2.42. The summed E-state index contributed by atoms with van der Waals surface area (Å²) in [6.45, 7) is 0. The fraction of sp³-hybridized carbons (Fsp3) is 0.483. The second-order valence-corrected chi connectivity index (χ2v) is 10.1. The second kappa shape index (κ2) is 10.6. The third-order valence-electron chi connectivity index (χ3n) is 7.78. The Kier molecular flexibility index (Phi) is 7.16. The Hall–Kier alpha value is -3.15. The number of hydrogen-bond donors (Lipinski definition) is 1. The van der Waals surface area contributed by atoms with E-state index in [4.69, 9.17) is 4.74 Å². The number of urea groups is 1. The molecule has 2 fully saturated rings. The zero-order valence-electron chi connectivity index (χ0n) is 20.2. The summed E-state index contributed by atoms with van der Waals surface area (Å²) in [7, 11) is 0. The first-order valence-electron chi connectivity index (χ1n) is 13.1. The van der Waals surface area contributed by atoms with Crippen LogP contribution in [0.3, 0.4) is 0 Å². The average Bonchev–Trinajstić information content (AvgIpc) is 2.90. The lowest BCUT2D eigenvalue weighted by molar-refractivity contribution is -0.135. The molecule has 2 saturated carbocycles. The fourth-order valence-electron chi connectivity index (χ4n) is 5.96. The van der Waals surface area contributed by atoms with Gasteiger partial charge in [0.25, 0.3) is 0 Å². The maximum absolute atomic E-state index is 14.4. The molecule has 6 nitrogen and oxygen atoms in total. The molecule has 0 spiro atoms. The molecule has 3 aliphatic rings. The average molecular weight is 475 g/mol. The maximum atomic E-state index is 14.4. The molecule has 2 unspecified atom stereocenters. The van der Waals surface area contributed by atoms with E-state index in [0.29, 0.717) is 11.1 Å². The second-order valence-electron chi connectivity index (χ2n) is 10.1. The predicted molar refractivity (Wildman–Crippen MR) is 133 cm³/mol. The lowest BCUT2D eigenvalue weighted by atomic mass is 9.82. The highest BCUT2D eigenvalue weighted by atomic mass is 16.5. The lowest BCUT2D eigenvalue weighted by Crippen LogP contribution is -2.55. The van der Waals surface area contributed by atoms with Gasteiger partial charge in [0.05, 0.1) is 5.56 Å². The van der Waals surface area contributed by atoms with Crippen LogP contribution in [0.15, 0.2) is 54.6 Å². The molecule has 1 N–H and O–H groups in total. The first-order valence-corrected chi connectivity index (χ1v) is 13.1. The summed E-state index contributed by atoms with van der Waals surface area (Å²) < 4.78 is 5.88. The van der Waals surface area contributed by atoms with Crippen LogP contribution in [0.4, 0.5) is 4.79 Å². The van der Waals surface area contributed by atoms with Crippen LogP contribution in [-0.4, -0.2) is 34.9 Å². The minimum atomic E-state index is -0.778. The van der Waals surface area contributed by atoms with Gasteiger partial charge < -0.3 is 10.1 Å². The summed E-state index contributed by atoms with van der Waals surface area (Å²) >= 11 is 0. The van der Waals surface area contributed by atoms with Crippen molar-refractivity contribution >= 4 is 17.9 Å². The van der Waals surface area contributed by atoms with E-state index in [1.807, 2.05) is 42.5 Å². The molecule has 2 aromatic carbocycles. The number of ether oxygens (including phenoxy) is 1. The summed E-state index contributed by atoms with van der Waals surface area (Å²) in [5.41, 5.74) is 1.79. The van der Waals surface area contributed by atoms with Gasteiger partial charge in [-0.15, -0.1) is 0 Å². The largest absolute Gasteiger partial charge is 0.453 e. The number of cyclic esters (lactones) is 1. The number of nitrogens with zero attached hydrogens (tertiary/aromatic N) is 1. The SMILES string of the molecule is O=C1OC(c2ccccc2)C(C(=O)N(C(=O)NC2CCCCC2)C2CCCCC2)c2ccccc21. The summed E-state index contributed by atoms with van der Waals surface area (Å²) in [6, 6.07) is 16.2. The van der Waals surface area contributed by atoms with Crippen molar-refractivity contribution < 1.29 is 19.1 Å². The van der Waals surface area contributed by atoms with Crippen molar-refractivity contribution in [3.05, 3.63) is 71.3 Å². The van der Waals surface area contributed by atoms with E-state index in [0.717, 1.165) is 63.4 Å².